The molecule has 2 aromatic carbocycles. The Morgan fingerprint density at radius 2 is 1.35 bits per heavy atom. The molecule has 7 heteroatoms. The second-order valence-electron chi connectivity index (χ2n) is 9.64. The van der Waals surface area contributed by atoms with Crippen molar-refractivity contribution in [3.63, 3.8) is 0 Å². The first-order chi connectivity index (χ1) is 18.0. The number of carbonyl (C=O) groups is 3. The third-order valence-electron chi connectivity index (χ3n) is 6.64. The zero-order valence-corrected chi connectivity index (χ0v) is 22.5. The van der Waals surface area contributed by atoms with Crippen LogP contribution in [0.15, 0.2) is 41.3 Å². The molecule has 200 valence electrons. The van der Waals surface area contributed by atoms with Gasteiger partial charge >= 0.3 is 5.97 Å². The van der Waals surface area contributed by atoms with Crippen molar-refractivity contribution in [2.24, 2.45) is 0 Å². The zero-order valence-electron chi connectivity index (χ0n) is 21.6. The Hall–Kier alpha value is -2.80. The normalized spacial score (nSPS) is 14.4. The fourth-order valence-electron chi connectivity index (χ4n) is 4.61. The lowest BCUT2D eigenvalue weighted by molar-refractivity contribution is -0.137. The van der Waals surface area contributed by atoms with E-state index in [9.17, 15) is 14.4 Å². The average molecular weight is 526 g/mol. The number of rotatable bonds is 18. The number of carboxylic acid groups (broad SMARTS) is 1. The van der Waals surface area contributed by atoms with Crippen molar-refractivity contribution in [3.8, 4) is 5.75 Å². The van der Waals surface area contributed by atoms with Gasteiger partial charge in [-0.15, -0.1) is 0 Å². The minimum atomic E-state index is -0.682. The van der Waals surface area contributed by atoms with E-state index in [-0.39, 0.29) is 11.1 Å². The molecule has 1 heterocycles. The first kappa shape index (κ1) is 28.8. The Bertz CT molecular complexity index is 1080. The molecule has 6 nitrogen and oxygen atoms in total. The number of aliphatic carboxylic acids is 1. The van der Waals surface area contributed by atoms with Crippen LogP contribution in [-0.4, -0.2) is 28.8 Å². The van der Waals surface area contributed by atoms with Crippen LogP contribution in [0.4, 0.5) is 4.79 Å². The molecule has 1 aliphatic rings. The van der Waals surface area contributed by atoms with Crippen LogP contribution in [0.3, 0.4) is 0 Å². The standard InChI is InChI=1S/C30H39NO5S/c32-28(33)18-12-10-8-6-4-2-1-3-5-7-9-11-15-21-36-26-20-19-23(24-16-13-14-17-25(24)26)22-27-29(34)31-30(35)37-27/h13-14,16-17,19-20,22H,1-12,15,18,21H2,(H,32,33)(H,31,34,35). The van der Waals surface area contributed by atoms with Gasteiger partial charge in [0.05, 0.1) is 11.5 Å². The van der Waals surface area contributed by atoms with Crippen molar-refractivity contribution in [3.05, 3.63) is 46.9 Å². The third-order valence-corrected chi connectivity index (χ3v) is 7.45. The number of benzene rings is 2. The topological polar surface area (TPSA) is 92.7 Å². The summed E-state index contributed by atoms with van der Waals surface area (Å²) in [7, 11) is 0. The van der Waals surface area contributed by atoms with Crippen molar-refractivity contribution in [1.82, 2.24) is 5.32 Å². The van der Waals surface area contributed by atoms with E-state index in [0.717, 1.165) is 59.5 Å². The number of amides is 2. The first-order valence-electron chi connectivity index (χ1n) is 13.7. The van der Waals surface area contributed by atoms with Crippen LogP contribution in [0, 0.1) is 0 Å². The van der Waals surface area contributed by atoms with Crippen LogP contribution in [0.1, 0.15) is 95.5 Å². The molecule has 1 aliphatic heterocycles. The number of fused-ring (bicyclic) bond motifs is 1. The Kier molecular flexibility index (Phi) is 12.5. The maximum Gasteiger partial charge on any atom is 0.303 e. The molecule has 2 aromatic rings. The maximum absolute atomic E-state index is 11.9. The molecule has 0 unspecified atom stereocenters. The van der Waals surface area contributed by atoms with Gasteiger partial charge in [0.2, 0.25) is 0 Å². The predicted molar refractivity (Wildman–Crippen MR) is 151 cm³/mol. The summed E-state index contributed by atoms with van der Waals surface area (Å²) in [5.74, 6) is -0.182. The minimum Gasteiger partial charge on any atom is -0.493 e. The Balaban J connectivity index is 1.27. The largest absolute Gasteiger partial charge is 0.493 e. The smallest absolute Gasteiger partial charge is 0.303 e. The van der Waals surface area contributed by atoms with Gasteiger partial charge in [-0.25, -0.2) is 0 Å². The summed E-state index contributed by atoms with van der Waals surface area (Å²) in [5.41, 5.74) is 0.894. The van der Waals surface area contributed by atoms with Gasteiger partial charge in [-0.1, -0.05) is 101 Å². The quantitative estimate of drug-likeness (QED) is 0.151. The molecule has 0 spiro atoms. The summed E-state index contributed by atoms with van der Waals surface area (Å²) < 4.78 is 6.11. The van der Waals surface area contributed by atoms with Gasteiger partial charge < -0.3 is 9.84 Å². The van der Waals surface area contributed by atoms with Crippen molar-refractivity contribution >= 4 is 45.7 Å². The lowest BCUT2D eigenvalue weighted by Crippen LogP contribution is -2.17. The SMILES string of the molecule is O=C(O)CCCCCCCCCCCCCCCOc1ccc(C=C2SC(=O)NC2=O)c2ccccc12. The van der Waals surface area contributed by atoms with E-state index in [2.05, 4.69) is 5.32 Å². The van der Waals surface area contributed by atoms with Gasteiger partial charge in [-0.2, -0.15) is 0 Å². The lowest BCUT2D eigenvalue weighted by atomic mass is 10.0. The molecule has 0 saturated carbocycles. The number of carbonyl (C=O) groups excluding carboxylic acids is 2. The van der Waals surface area contributed by atoms with Crippen LogP contribution in [0.2, 0.25) is 0 Å². The number of carboxylic acids is 1. The molecule has 2 amide bonds. The van der Waals surface area contributed by atoms with Crippen LogP contribution in [0.25, 0.3) is 16.8 Å². The summed E-state index contributed by atoms with van der Waals surface area (Å²) in [6.07, 6.45) is 17.5. The molecule has 0 atom stereocenters. The predicted octanol–water partition coefficient (Wildman–Crippen LogP) is 8.09. The number of nitrogens with one attached hydrogen (secondary N) is 1. The number of ether oxygens (including phenoxy) is 1. The fourth-order valence-corrected chi connectivity index (χ4v) is 5.29. The highest BCUT2D eigenvalue weighted by molar-refractivity contribution is 8.18. The summed E-state index contributed by atoms with van der Waals surface area (Å²) in [5, 5.41) is 12.6. The molecule has 0 radical (unpaired) electrons. The molecule has 0 aromatic heterocycles. The third kappa shape index (κ3) is 10.2. The van der Waals surface area contributed by atoms with Crippen molar-refractivity contribution < 1.29 is 24.2 Å². The van der Waals surface area contributed by atoms with Crippen LogP contribution in [-0.2, 0) is 9.59 Å². The van der Waals surface area contributed by atoms with Crippen molar-refractivity contribution in [2.45, 2.75) is 89.9 Å². The molecule has 3 rings (SSSR count). The van der Waals surface area contributed by atoms with Crippen LogP contribution >= 0.6 is 11.8 Å². The van der Waals surface area contributed by atoms with E-state index in [0.29, 0.717) is 17.9 Å². The van der Waals surface area contributed by atoms with Gasteiger partial charge in [0, 0.05) is 11.8 Å². The highest BCUT2D eigenvalue weighted by Crippen LogP contribution is 2.32. The maximum atomic E-state index is 11.9. The monoisotopic (exact) mass is 525 g/mol. The number of thioether (sulfide) groups is 1. The zero-order chi connectivity index (χ0) is 26.3. The van der Waals surface area contributed by atoms with E-state index in [1.54, 1.807) is 6.08 Å². The minimum absolute atomic E-state index is 0.307. The lowest BCUT2D eigenvalue weighted by Gasteiger charge is -2.11. The van der Waals surface area contributed by atoms with Crippen molar-refractivity contribution in [2.75, 3.05) is 6.61 Å². The van der Waals surface area contributed by atoms with Gasteiger partial charge in [0.15, 0.2) is 0 Å². The average Bonchev–Trinajstić information content (AvgIpc) is 3.20. The summed E-state index contributed by atoms with van der Waals surface area (Å²) >= 11 is 0.930. The van der Waals surface area contributed by atoms with Gasteiger partial charge in [-0.05, 0) is 47.7 Å². The molecule has 1 fully saturated rings. The van der Waals surface area contributed by atoms with Gasteiger partial charge in [0.1, 0.15) is 5.75 Å². The fraction of sp³-hybridized carbons (Fsp3) is 0.500. The van der Waals surface area contributed by atoms with Gasteiger partial charge in [-0.3, -0.25) is 19.7 Å². The number of unbranched alkanes of at least 4 members (excludes halogenated alkanes) is 12. The number of hydrogen-bond acceptors (Lipinski definition) is 5. The molecule has 0 aliphatic carbocycles. The summed E-state index contributed by atoms with van der Waals surface area (Å²) in [4.78, 5) is 34.3. The second kappa shape index (κ2) is 16.1. The van der Waals surface area contributed by atoms with E-state index < -0.39 is 5.97 Å². The molecule has 2 N–H and O–H groups in total. The summed E-state index contributed by atoms with van der Waals surface area (Å²) in [6, 6.07) is 11.9. The first-order valence-corrected chi connectivity index (χ1v) is 14.5. The highest BCUT2D eigenvalue weighted by Gasteiger charge is 2.25. The number of hydrogen-bond donors (Lipinski definition) is 2. The Labute approximate surface area is 224 Å². The van der Waals surface area contributed by atoms with Crippen molar-refractivity contribution in [1.29, 1.82) is 0 Å². The van der Waals surface area contributed by atoms with E-state index in [1.165, 1.54) is 57.8 Å². The molecule has 0 bridgehead atoms. The Morgan fingerprint density at radius 1 is 0.784 bits per heavy atom. The molecule has 1 saturated heterocycles. The second-order valence-corrected chi connectivity index (χ2v) is 10.7. The van der Waals surface area contributed by atoms with Gasteiger partial charge in [0.25, 0.3) is 11.1 Å². The van der Waals surface area contributed by atoms with E-state index >= 15 is 0 Å². The van der Waals surface area contributed by atoms with Crippen LogP contribution in [0.5, 0.6) is 5.75 Å². The van der Waals surface area contributed by atoms with E-state index in [4.69, 9.17) is 9.84 Å². The number of imide groups is 1. The van der Waals surface area contributed by atoms with E-state index in [1.807, 2.05) is 36.4 Å². The molecular weight excluding hydrogens is 486 g/mol. The highest BCUT2D eigenvalue weighted by atomic mass is 32.2. The Morgan fingerprint density at radius 3 is 1.92 bits per heavy atom. The molecule has 37 heavy (non-hydrogen) atoms. The van der Waals surface area contributed by atoms with Crippen LogP contribution < -0.4 is 10.1 Å². The summed E-state index contributed by atoms with van der Waals surface area (Å²) in [6.45, 7) is 0.684. The molecular formula is C30H39NO5S.